The maximum atomic E-state index is 14.0. The van der Waals surface area contributed by atoms with Gasteiger partial charge in [0, 0.05) is 27.5 Å². The van der Waals surface area contributed by atoms with E-state index >= 15 is 0 Å². The second-order valence-corrected chi connectivity index (χ2v) is 10.3. The van der Waals surface area contributed by atoms with Gasteiger partial charge in [-0.15, -0.1) is 11.8 Å². The summed E-state index contributed by atoms with van der Waals surface area (Å²) in [6.07, 6.45) is 8.79. The van der Waals surface area contributed by atoms with Crippen molar-refractivity contribution in [2.75, 3.05) is 11.2 Å². The van der Waals surface area contributed by atoms with Gasteiger partial charge < -0.3 is 9.88 Å². The molecule has 1 atom stereocenters. The van der Waals surface area contributed by atoms with Crippen molar-refractivity contribution in [1.29, 1.82) is 0 Å². The smallest absolute Gasteiger partial charge is 0.275 e. The van der Waals surface area contributed by atoms with Gasteiger partial charge in [-0.3, -0.25) is 14.5 Å². The SMILES string of the molecule is CSc1cccc(N2C(=O)c3cc4ccccc4n3C[C@@]2(C)C(=O)NC2CCCCCC2)c1. The van der Waals surface area contributed by atoms with E-state index in [1.165, 1.54) is 12.8 Å². The Labute approximate surface area is 199 Å². The van der Waals surface area contributed by atoms with Crippen molar-refractivity contribution in [3.05, 3.63) is 60.3 Å². The molecular weight excluding hydrogens is 430 g/mol. The van der Waals surface area contributed by atoms with Crippen LogP contribution in [0, 0.1) is 0 Å². The molecule has 1 N–H and O–H groups in total. The Kier molecular flexibility index (Phi) is 5.95. The number of carbonyl (C=O) groups excluding carboxylic acids is 2. The van der Waals surface area contributed by atoms with Crippen molar-refractivity contribution >= 4 is 40.2 Å². The number of nitrogens with one attached hydrogen (secondary N) is 1. The molecule has 1 aliphatic carbocycles. The number of anilines is 1. The number of rotatable bonds is 4. The fourth-order valence-electron chi connectivity index (χ4n) is 5.36. The third kappa shape index (κ3) is 3.95. The number of para-hydroxylation sites is 1. The standard InChI is InChI=1S/C27H31N3O2S/c1-27(26(32)28-20-11-5-3-4-6-12-20)18-29-23-15-8-7-10-19(23)16-24(29)25(31)30(27)21-13-9-14-22(17-21)33-2/h7-10,13-17,20H,3-6,11-12,18H2,1-2H3,(H,28,32)/t27-/m0/s1. The van der Waals surface area contributed by atoms with Crippen molar-refractivity contribution in [2.24, 2.45) is 0 Å². The molecule has 2 aromatic carbocycles. The summed E-state index contributed by atoms with van der Waals surface area (Å²) in [7, 11) is 0. The number of amides is 2. The molecule has 33 heavy (non-hydrogen) atoms. The van der Waals surface area contributed by atoms with Gasteiger partial charge in [0.15, 0.2) is 0 Å². The number of hydrogen-bond donors (Lipinski definition) is 1. The first-order valence-electron chi connectivity index (χ1n) is 11.9. The summed E-state index contributed by atoms with van der Waals surface area (Å²) in [5, 5.41) is 4.36. The van der Waals surface area contributed by atoms with E-state index in [0.717, 1.165) is 47.2 Å². The molecule has 3 aromatic rings. The van der Waals surface area contributed by atoms with Crippen molar-refractivity contribution in [1.82, 2.24) is 9.88 Å². The Morgan fingerprint density at radius 3 is 2.55 bits per heavy atom. The predicted molar refractivity (Wildman–Crippen MR) is 135 cm³/mol. The Morgan fingerprint density at radius 2 is 1.79 bits per heavy atom. The summed E-state index contributed by atoms with van der Waals surface area (Å²) in [5.74, 6) is -0.199. The summed E-state index contributed by atoms with van der Waals surface area (Å²) in [5.41, 5.74) is 1.36. The molecule has 0 spiro atoms. The molecule has 172 valence electrons. The highest BCUT2D eigenvalue weighted by atomic mass is 32.2. The van der Waals surface area contributed by atoms with E-state index in [1.807, 2.05) is 72.3 Å². The van der Waals surface area contributed by atoms with Crippen LogP contribution < -0.4 is 10.2 Å². The maximum absolute atomic E-state index is 14.0. The maximum Gasteiger partial charge on any atom is 0.275 e. The third-order valence-electron chi connectivity index (χ3n) is 7.18. The van der Waals surface area contributed by atoms with Crippen LogP contribution in [0.15, 0.2) is 59.5 Å². The van der Waals surface area contributed by atoms with E-state index in [0.29, 0.717) is 12.2 Å². The van der Waals surface area contributed by atoms with Gasteiger partial charge >= 0.3 is 0 Å². The fourth-order valence-corrected chi connectivity index (χ4v) is 5.82. The molecule has 1 aliphatic heterocycles. The lowest BCUT2D eigenvalue weighted by Gasteiger charge is -2.44. The van der Waals surface area contributed by atoms with Gasteiger partial charge in [-0.1, -0.05) is 49.9 Å². The molecule has 1 aromatic heterocycles. The van der Waals surface area contributed by atoms with Crippen LogP contribution in [0.4, 0.5) is 5.69 Å². The first-order chi connectivity index (χ1) is 16.0. The third-order valence-corrected chi connectivity index (χ3v) is 7.91. The lowest BCUT2D eigenvalue weighted by atomic mass is 9.92. The lowest BCUT2D eigenvalue weighted by Crippen LogP contribution is -2.65. The highest BCUT2D eigenvalue weighted by Gasteiger charge is 2.49. The zero-order valence-corrected chi connectivity index (χ0v) is 20.2. The van der Waals surface area contributed by atoms with Crippen LogP contribution in [0.25, 0.3) is 10.9 Å². The van der Waals surface area contributed by atoms with E-state index in [2.05, 4.69) is 5.32 Å². The number of nitrogens with zero attached hydrogens (tertiary/aromatic N) is 2. The number of aromatic nitrogens is 1. The lowest BCUT2D eigenvalue weighted by molar-refractivity contribution is -0.127. The minimum Gasteiger partial charge on any atom is -0.351 e. The van der Waals surface area contributed by atoms with Crippen LogP contribution >= 0.6 is 11.8 Å². The van der Waals surface area contributed by atoms with Gasteiger partial charge in [-0.2, -0.15) is 0 Å². The zero-order valence-electron chi connectivity index (χ0n) is 19.3. The van der Waals surface area contributed by atoms with Crippen LogP contribution in [0.5, 0.6) is 0 Å². The van der Waals surface area contributed by atoms with E-state index in [1.54, 1.807) is 16.7 Å². The van der Waals surface area contributed by atoms with Gasteiger partial charge in [0.2, 0.25) is 5.91 Å². The molecule has 1 fully saturated rings. The Hall–Kier alpha value is -2.73. The summed E-state index contributed by atoms with van der Waals surface area (Å²) in [6.45, 7) is 2.34. The summed E-state index contributed by atoms with van der Waals surface area (Å²) in [6, 6.07) is 18.1. The molecule has 2 heterocycles. The van der Waals surface area contributed by atoms with Gasteiger partial charge in [0.1, 0.15) is 11.2 Å². The monoisotopic (exact) mass is 461 g/mol. The number of hydrogen-bond acceptors (Lipinski definition) is 3. The highest BCUT2D eigenvalue weighted by Crippen LogP contribution is 2.37. The van der Waals surface area contributed by atoms with E-state index < -0.39 is 5.54 Å². The molecule has 2 aliphatic rings. The molecule has 0 radical (unpaired) electrons. The molecule has 0 saturated heterocycles. The highest BCUT2D eigenvalue weighted by molar-refractivity contribution is 7.98. The Bertz CT molecular complexity index is 1200. The molecule has 2 amide bonds. The van der Waals surface area contributed by atoms with Gasteiger partial charge in [-0.05, 0) is 56.4 Å². The number of benzene rings is 2. The average Bonchev–Trinajstić information content (AvgIpc) is 2.99. The van der Waals surface area contributed by atoms with Crippen molar-refractivity contribution in [2.45, 2.75) is 68.5 Å². The van der Waals surface area contributed by atoms with Crippen LogP contribution in [0.2, 0.25) is 0 Å². The number of fused-ring (bicyclic) bond motifs is 3. The predicted octanol–water partition coefficient (Wildman–Crippen LogP) is 5.62. The molecule has 6 heteroatoms. The Balaban J connectivity index is 1.60. The average molecular weight is 462 g/mol. The minimum absolute atomic E-state index is 0.0688. The second kappa shape index (κ2) is 8.90. The van der Waals surface area contributed by atoms with E-state index in [-0.39, 0.29) is 17.9 Å². The molecule has 5 nitrogen and oxygen atoms in total. The Morgan fingerprint density at radius 1 is 1.03 bits per heavy atom. The zero-order chi connectivity index (χ0) is 23.0. The summed E-state index contributed by atoms with van der Waals surface area (Å²) < 4.78 is 2.03. The van der Waals surface area contributed by atoms with Crippen molar-refractivity contribution < 1.29 is 9.59 Å². The topological polar surface area (TPSA) is 54.3 Å². The van der Waals surface area contributed by atoms with Gasteiger partial charge in [-0.25, -0.2) is 0 Å². The molecule has 0 bridgehead atoms. The largest absolute Gasteiger partial charge is 0.351 e. The van der Waals surface area contributed by atoms with Crippen LogP contribution in [-0.2, 0) is 11.3 Å². The fraction of sp³-hybridized carbons (Fsp3) is 0.407. The number of carbonyl (C=O) groups is 2. The van der Waals surface area contributed by atoms with Crippen molar-refractivity contribution in [3.8, 4) is 0 Å². The van der Waals surface area contributed by atoms with Gasteiger partial charge in [0.05, 0.1) is 6.54 Å². The molecule has 5 rings (SSSR count). The summed E-state index contributed by atoms with van der Waals surface area (Å²) >= 11 is 1.63. The van der Waals surface area contributed by atoms with Crippen molar-refractivity contribution in [3.63, 3.8) is 0 Å². The molecule has 0 unspecified atom stereocenters. The quantitative estimate of drug-likeness (QED) is 0.405. The van der Waals surface area contributed by atoms with E-state index in [9.17, 15) is 9.59 Å². The number of thioether (sulfide) groups is 1. The minimum atomic E-state index is -1.03. The molecular formula is C27H31N3O2S. The molecule has 1 saturated carbocycles. The van der Waals surface area contributed by atoms with Crippen LogP contribution in [-0.4, -0.2) is 34.2 Å². The van der Waals surface area contributed by atoms with Crippen LogP contribution in [0.1, 0.15) is 55.9 Å². The normalized spacial score (nSPS) is 21.6. The first kappa shape index (κ1) is 22.1. The second-order valence-electron chi connectivity index (χ2n) is 9.45. The van der Waals surface area contributed by atoms with Crippen LogP contribution in [0.3, 0.4) is 0 Å². The first-order valence-corrected chi connectivity index (χ1v) is 13.1. The van der Waals surface area contributed by atoms with Gasteiger partial charge in [0.25, 0.3) is 5.91 Å². The summed E-state index contributed by atoms with van der Waals surface area (Å²) in [4.78, 5) is 30.7. The van der Waals surface area contributed by atoms with E-state index in [4.69, 9.17) is 0 Å².